The smallest absolute Gasteiger partial charge is 0.329 e. The van der Waals surface area contributed by atoms with Gasteiger partial charge in [-0.15, -0.1) is 0 Å². The molecule has 1 saturated carbocycles. The molecule has 0 spiro atoms. The molecule has 7 heteroatoms. The topological polar surface area (TPSA) is 114 Å². The van der Waals surface area contributed by atoms with Crippen LogP contribution < -0.4 is 16.4 Å². The lowest BCUT2D eigenvalue weighted by molar-refractivity contribution is -0.142. The van der Waals surface area contributed by atoms with Gasteiger partial charge in [0.1, 0.15) is 6.61 Å². The molecule has 104 valence electrons. The molecule has 0 heterocycles. The first kappa shape index (κ1) is 14.7. The number of amides is 2. The van der Waals surface area contributed by atoms with Crippen LogP contribution in [0.3, 0.4) is 0 Å². The van der Waals surface area contributed by atoms with Crippen molar-refractivity contribution in [2.75, 3.05) is 19.8 Å². The standard InChI is InChI=1S/C11H21N3O4/c12-8-3-1-2-4-9(8)14-11(17)13-5-6-18-7-10(15)16/h8-9H,1-7,12H2,(H,15,16)(H2,13,14,17). The zero-order valence-electron chi connectivity index (χ0n) is 10.4. The van der Waals surface area contributed by atoms with Crippen molar-refractivity contribution in [2.24, 2.45) is 5.73 Å². The summed E-state index contributed by atoms with van der Waals surface area (Å²) in [7, 11) is 0. The molecule has 2 amide bonds. The molecule has 1 aliphatic rings. The minimum atomic E-state index is -1.02. The fourth-order valence-electron chi connectivity index (χ4n) is 1.95. The molecule has 5 N–H and O–H groups in total. The van der Waals surface area contributed by atoms with E-state index in [-0.39, 0.29) is 37.9 Å². The van der Waals surface area contributed by atoms with Gasteiger partial charge in [-0.3, -0.25) is 0 Å². The number of hydrogen-bond acceptors (Lipinski definition) is 4. The molecule has 0 aromatic rings. The molecule has 0 bridgehead atoms. The molecule has 1 aliphatic carbocycles. The van der Waals surface area contributed by atoms with Gasteiger partial charge in [0.05, 0.1) is 6.61 Å². The number of ether oxygens (including phenoxy) is 1. The highest BCUT2D eigenvalue weighted by molar-refractivity contribution is 5.74. The summed E-state index contributed by atoms with van der Waals surface area (Å²) in [5.74, 6) is -1.02. The van der Waals surface area contributed by atoms with E-state index in [1.165, 1.54) is 0 Å². The minimum Gasteiger partial charge on any atom is -0.480 e. The number of nitrogens with one attached hydrogen (secondary N) is 2. The number of nitrogens with two attached hydrogens (primary N) is 1. The molecule has 1 fully saturated rings. The summed E-state index contributed by atoms with van der Waals surface area (Å²) in [6.07, 6.45) is 4.04. The first-order chi connectivity index (χ1) is 8.59. The van der Waals surface area contributed by atoms with Crippen LogP contribution in [-0.2, 0) is 9.53 Å². The molecular formula is C11H21N3O4. The maximum absolute atomic E-state index is 11.5. The van der Waals surface area contributed by atoms with Gasteiger partial charge in [0.25, 0.3) is 0 Å². The Morgan fingerprint density at radius 3 is 2.72 bits per heavy atom. The Balaban J connectivity index is 2.07. The summed E-state index contributed by atoms with van der Waals surface area (Å²) in [5.41, 5.74) is 5.90. The van der Waals surface area contributed by atoms with E-state index in [0.717, 1.165) is 25.7 Å². The second-order valence-corrected chi connectivity index (χ2v) is 4.40. The van der Waals surface area contributed by atoms with Crippen LogP contribution in [0.25, 0.3) is 0 Å². The van der Waals surface area contributed by atoms with Crippen molar-refractivity contribution in [1.82, 2.24) is 10.6 Å². The highest BCUT2D eigenvalue weighted by Gasteiger charge is 2.22. The van der Waals surface area contributed by atoms with E-state index in [2.05, 4.69) is 10.6 Å². The number of carboxylic acid groups (broad SMARTS) is 1. The number of hydrogen-bond donors (Lipinski definition) is 4. The Kier molecular flexibility index (Phi) is 6.45. The average Bonchev–Trinajstić information content (AvgIpc) is 2.31. The Morgan fingerprint density at radius 2 is 2.06 bits per heavy atom. The summed E-state index contributed by atoms with van der Waals surface area (Å²) < 4.78 is 4.79. The Morgan fingerprint density at radius 1 is 1.33 bits per heavy atom. The van der Waals surface area contributed by atoms with Gasteiger partial charge >= 0.3 is 12.0 Å². The first-order valence-corrected chi connectivity index (χ1v) is 6.19. The molecule has 2 unspecified atom stereocenters. The summed E-state index contributed by atoms with van der Waals surface area (Å²) in [5, 5.41) is 13.8. The van der Waals surface area contributed by atoms with Crippen molar-refractivity contribution in [2.45, 2.75) is 37.8 Å². The maximum Gasteiger partial charge on any atom is 0.329 e. The molecule has 0 radical (unpaired) electrons. The van der Waals surface area contributed by atoms with E-state index in [9.17, 15) is 9.59 Å². The van der Waals surface area contributed by atoms with Gasteiger partial charge in [-0.25, -0.2) is 9.59 Å². The molecule has 0 aromatic heterocycles. The van der Waals surface area contributed by atoms with Crippen molar-refractivity contribution in [3.63, 3.8) is 0 Å². The van der Waals surface area contributed by atoms with Crippen LogP contribution in [0, 0.1) is 0 Å². The van der Waals surface area contributed by atoms with Crippen LogP contribution in [0.5, 0.6) is 0 Å². The van der Waals surface area contributed by atoms with Crippen molar-refractivity contribution >= 4 is 12.0 Å². The zero-order valence-corrected chi connectivity index (χ0v) is 10.4. The van der Waals surface area contributed by atoms with Gasteiger partial charge in [-0.05, 0) is 12.8 Å². The number of carboxylic acids is 1. The molecule has 0 aliphatic heterocycles. The number of carbonyl (C=O) groups is 2. The molecule has 0 saturated heterocycles. The third kappa shape index (κ3) is 5.83. The van der Waals surface area contributed by atoms with E-state index in [1.807, 2.05) is 0 Å². The van der Waals surface area contributed by atoms with Crippen LogP contribution >= 0.6 is 0 Å². The summed E-state index contributed by atoms with van der Waals surface area (Å²) >= 11 is 0. The second kappa shape index (κ2) is 7.88. The highest BCUT2D eigenvalue weighted by atomic mass is 16.5. The van der Waals surface area contributed by atoms with Gasteiger partial charge < -0.3 is 26.2 Å². The van der Waals surface area contributed by atoms with Crippen LogP contribution in [0.1, 0.15) is 25.7 Å². The molecule has 2 atom stereocenters. The quantitative estimate of drug-likeness (QED) is 0.487. The Hall–Kier alpha value is -1.34. The molecular weight excluding hydrogens is 238 g/mol. The van der Waals surface area contributed by atoms with E-state index in [0.29, 0.717) is 0 Å². The largest absolute Gasteiger partial charge is 0.480 e. The summed E-state index contributed by atoms with van der Waals surface area (Å²) in [4.78, 5) is 21.7. The fraction of sp³-hybridized carbons (Fsp3) is 0.818. The predicted molar refractivity (Wildman–Crippen MR) is 65.2 cm³/mol. The second-order valence-electron chi connectivity index (χ2n) is 4.40. The lowest BCUT2D eigenvalue weighted by Crippen LogP contribution is -2.52. The molecule has 1 rings (SSSR count). The van der Waals surface area contributed by atoms with Crippen molar-refractivity contribution < 1.29 is 19.4 Å². The first-order valence-electron chi connectivity index (χ1n) is 6.19. The van der Waals surface area contributed by atoms with Gasteiger partial charge in [0, 0.05) is 18.6 Å². The van der Waals surface area contributed by atoms with Crippen LogP contribution in [0.4, 0.5) is 4.79 Å². The third-order valence-electron chi connectivity index (χ3n) is 2.89. The third-order valence-corrected chi connectivity index (χ3v) is 2.89. The molecule has 18 heavy (non-hydrogen) atoms. The minimum absolute atomic E-state index is 0.0211. The lowest BCUT2D eigenvalue weighted by Gasteiger charge is -2.29. The molecule has 0 aromatic carbocycles. The monoisotopic (exact) mass is 259 g/mol. The van der Waals surface area contributed by atoms with Crippen molar-refractivity contribution in [3.8, 4) is 0 Å². The number of urea groups is 1. The highest BCUT2D eigenvalue weighted by Crippen LogP contribution is 2.16. The van der Waals surface area contributed by atoms with Gasteiger partial charge in [-0.1, -0.05) is 12.8 Å². The lowest BCUT2D eigenvalue weighted by atomic mass is 9.91. The van der Waals surface area contributed by atoms with Crippen molar-refractivity contribution in [3.05, 3.63) is 0 Å². The number of rotatable bonds is 6. The maximum atomic E-state index is 11.5. The van der Waals surface area contributed by atoms with Crippen LogP contribution in [-0.4, -0.2) is 48.9 Å². The summed E-state index contributed by atoms with van der Waals surface area (Å²) in [6, 6.07) is -0.234. The van der Waals surface area contributed by atoms with Crippen molar-refractivity contribution in [1.29, 1.82) is 0 Å². The number of aliphatic carboxylic acids is 1. The Labute approximate surface area is 106 Å². The predicted octanol–water partition coefficient (Wildman–Crippen LogP) is -0.343. The normalized spacial score (nSPS) is 23.4. The molecule has 7 nitrogen and oxygen atoms in total. The van der Waals surface area contributed by atoms with E-state index < -0.39 is 5.97 Å². The van der Waals surface area contributed by atoms with Gasteiger partial charge in [-0.2, -0.15) is 0 Å². The van der Waals surface area contributed by atoms with E-state index in [4.69, 9.17) is 15.6 Å². The van der Waals surface area contributed by atoms with Gasteiger partial charge in [0.15, 0.2) is 0 Å². The fourth-order valence-corrected chi connectivity index (χ4v) is 1.95. The summed E-state index contributed by atoms with van der Waals surface area (Å²) in [6.45, 7) is 0.105. The van der Waals surface area contributed by atoms with E-state index in [1.54, 1.807) is 0 Å². The van der Waals surface area contributed by atoms with Gasteiger partial charge in [0.2, 0.25) is 0 Å². The Bertz CT molecular complexity index is 285. The van der Waals surface area contributed by atoms with E-state index >= 15 is 0 Å². The van der Waals surface area contributed by atoms with Crippen LogP contribution in [0.2, 0.25) is 0 Å². The SMILES string of the molecule is NC1CCCCC1NC(=O)NCCOCC(=O)O. The number of carbonyl (C=O) groups excluding carboxylic acids is 1. The average molecular weight is 259 g/mol. The van der Waals surface area contributed by atoms with Crippen LogP contribution in [0.15, 0.2) is 0 Å². The zero-order chi connectivity index (χ0) is 13.4.